The molecule has 0 bridgehead atoms. The van der Waals surface area contributed by atoms with Gasteiger partial charge in [0.05, 0.1) is 22.3 Å². The largest absolute Gasteiger partial charge is 0.444 e. The lowest BCUT2D eigenvalue weighted by Gasteiger charge is -2.15. The molecular weight excluding hydrogens is 309 g/mol. The van der Waals surface area contributed by atoms with E-state index in [1.165, 1.54) is 0 Å². The van der Waals surface area contributed by atoms with Crippen molar-refractivity contribution in [2.75, 3.05) is 5.88 Å². The molecule has 0 aliphatic carbocycles. The van der Waals surface area contributed by atoms with Gasteiger partial charge in [-0.3, -0.25) is 0 Å². The maximum absolute atomic E-state index is 6.37. The lowest BCUT2D eigenvalue weighted by Crippen LogP contribution is -2.11. The van der Waals surface area contributed by atoms with Crippen LogP contribution < -0.4 is 0 Å². The van der Waals surface area contributed by atoms with E-state index in [2.05, 4.69) is 14.5 Å². The summed E-state index contributed by atoms with van der Waals surface area (Å²) in [6, 6.07) is 5.61. The zero-order valence-electron chi connectivity index (χ0n) is 11.8. The van der Waals surface area contributed by atoms with Gasteiger partial charge in [0.2, 0.25) is 5.89 Å². The number of hydrogen-bond acceptors (Lipinski definition) is 3. The molecule has 0 aliphatic rings. The molecule has 3 aromatic rings. The normalized spacial score (nSPS) is 13.0. The molecular formula is C15H15Cl2N3O. The van der Waals surface area contributed by atoms with E-state index in [4.69, 9.17) is 27.6 Å². The van der Waals surface area contributed by atoms with Gasteiger partial charge in [-0.2, -0.15) is 0 Å². The Morgan fingerprint density at radius 1 is 1.38 bits per heavy atom. The Balaban J connectivity index is 2.21. The lowest BCUT2D eigenvalue weighted by molar-refractivity contribution is 0.414. The van der Waals surface area contributed by atoms with Crippen molar-refractivity contribution in [3.05, 3.63) is 46.9 Å². The van der Waals surface area contributed by atoms with Gasteiger partial charge >= 0.3 is 0 Å². The van der Waals surface area contributed by atoms with Crippen LogP contribution in [0.2, 0.25) is 5.02 Å². The van der Waals surface area contributed by atoms with Crippen molar-refractivity contribution < 1.29 is 4.42 Å². The Bertz CT molecular complexity index is 778. The van der Waals surface area contributed by atoms with Gasteiger partial charge in [-0.1, -0.05) is 17.7 Å². The van der Waals surface area contributed by atoms with E-state index >= 15 is 0 Å². The molecule has 0 amide bonds. The third-order valence-corrected chi connectivity index (χ3v) is 3.93. The SMILES string of the molecule is Cc1cnc(C(C)n2c(CCCl)nc3cccc(Cl)c32)o1. The number of halogens is 2. The highest BCUT2D eigenvalue weighted by molar-refractivity contribution is 6.35. The van der Waals surface area contributed by atoms with Gasteiger partial charge in [-0.25, -0.2) is 9.97 Å². The van der Waals surface area contributed by atoms with Crippen LogP contribution in [0.25, 0.3) is 11.0 Å². The molecule has 0 saturated heterocycles. The summed E-state index contributed by atoms with van der Waals surface area (Å²) in [7, 11) is 0. The molecule has 1 unspecified atom stereocenters. The summed E-state index contributed by atoms with van der Waals surface area (Å²) in [4.78, 5) is 8.96. The van der Waals surface area contributed by atoms with Gasteiger partial charge in [0.15, 0.2) is 0 Å². The standard InChI is InChI=1S/C15H15Cl2N3O/c1-9-8-18-15(21-9)10(2)20-13(6-7-16)19-12-5-3-4-11(17)14(12)20/h3-5,8,10H,6-7H2,1-2H3. The van der Waals surface area contributed by atoms with Crippen molar-refractivity contribution in [1.82, 2.24) is 14.5 Å². The fourth-order valence-corrected chi connectivity index (χ4v) is 2.94. The highest BCUT2D eigenvalue weighted by Gasteiger charge is 2.21. The van der Waals surface area contributed by atoms with E-state index in [9.17, 15) is 0 Å². The number of benzene rings is 1. The number of imidazole rings is 1. The second-order valence-corrected chi connectivity index (χ2v) is 5.71. The summed E-state index contributed by atoms with van der Waals surface area (Å²) in [6.45, 7) is 3.90. The van der Waals surface area contributed by atoms with Crippen LogP contribution in [0.4, 0.5) is 0 Å². The van der Waals surface area contributed by atoms with E-state index in [0.717, 1.165) is 22.6 Å². The van der Waals surface area contributed by atoms with Crippen LogP contribution in [0.1, 0.15) is 30.4 Å². The molecule has 2 aromatic heterocycles. The van der Waals surface area contributed by atoms with Crippen molar-refractivity contribution in [1.29, 1.82) is 0 Å². The third kappa shape index (κ3) is 2.54. The van der Waals surface area contributed by atoms with Gasteiger partial charge < -0.3 is 8.98 Å². The number of oxazole rings is 1. The van der Waals surface area contributed by atoms with Crippen molar-refractivity contribution in [2.24, 2.45) is 0 Å². The van der Waals surface area contributed by atoms with Crippen LogP contribution in [0.3, 0.4) is 0 Å². The Labute approximate surface area is 132 Å². The highest BCUT2D eigenvalue weighted by Crippen LogP contribution is 2.30. The average Bonchev–Trinajstić information content (AvgIpc) is 3.03. The van der Waals surface area contributed by atoms with Crippen molar-refractivity contribution in [3.8, 4) is 0 Å². The van der Waals surface area contributed by atoms with Gasteiger partial charge in [0.25, 0.3) is 0 Å². The maximum Gasteiger partial charge on any atom is 0.217 e. The highest BCUT2D eigenvalue weighted by atomic mass is 35.5. The maximum atomic E-state index is 6.37. The number of fused-ring (bicyclic) bond motifs is 1. The third-order valence-electron chi connectivity index (χ3n) is 3.44. The second-order valence-electron chi connectivity index (χ2n) is 4.93. The van der Waals surface area contributed by atoms with E-state index < -0.39 is 0 Å². The number of hydrogen-bond donors (Lipinski definition) is 0. The minimum atomic E-state index is -0.0955. The van der Waals surface area contributed by atoms with Crippen LogP contribution in [0.5, 0.6) is 0 Å². The van der Waals surface area contributed by atoms with Crippen LogP contribution >= 0.6 is 23.2 Å². The number of alkyl halides is 1. The molecule has 4 nitrogen and oxygen atoms in total. The van der Waals surface area contributed by atoms with Crippen molar-refractivity contribution in [3.63, 3.8) is 0 Å². The molecule has 6 heteroatoms. The van der Waals surface area contributed by atoms with Gasteiger partial charge in [0.1, 0.15) is 17.6 Å². The quantitative estimate of drug-likeness (QED) is 0.669. The first-order valence-corrected chi connectivity index (χ1v) is 7.66. The predicted molar refractivity (Wildman–Crippen MR) is 84.2 cm³/mol. The smallest absolute Gasteiger partial charge is 0.217 e. The second kappa shape index (κ2) is 5.70. The van der Waals surface area contributed by atoms with E-state index in [1.54, 1.807) is 6.20 Å². The number of nitrogens with zero attached hydrogens (tertiary/aromatic N) is 3. The number of rotatable bonds is 4. The Morgan fingerprint density at radius 2 is 2.19 bits per heavy atom. The van der Waals surface area contributed by atoms with Crippen LogP contribution in [0, 0.1) is 6.92 Å². The Kier molecular flexibility index (Phi) is 3.91. The summed E-state index contributed by atoms with van der Waals surface area (Å²) in [5.41, 5.74) is 1.75. The summed E-state index contributed by atoms with van der Waals surface area (Å²) in [5.74, 6) is 2.81. The molecule has 2 heterocycles. The fraction of sp³-hybridized carbons (Fsp3) is 0.333. The first-order chi connectivity index (χ1) is 10.1. The molecule has 0 N–H and O–H groups in total. The molecule has 0 aliphatic heterocycles. The topological polar surface area (TPSA) is 43.9 Å². The summed E-state index contributed by atoms with van der Waals surface area (Å²) < 4.78 is 7.72. The first kappa shape index (κ1) is 14.4. The van der Waals surface area contributed by atoms with Gasteiger partial charge in [0, 0.05) is 12.3 Å². The molecule has 0 saturated carbocycles. The first-order valence-electron chi connectivity index (χ1n) is 6.75. The zero-order chi connectivity index (χ0) is 15.0. The number of para-hydroxylation sites is 1. The molecule has 110 valence electrons. The van der Waals surface area contributed by atoms with Crippen LogP contribution in [0.15, 0.2) is 28.8 Å². The van der Waals surface area contributed by atoms with E-state index in [0.29, 0.717) is 23.2 Å². The van der Waals surface area contributed by atoms with E-state index in [1.807, 2.05) is 32.0 Å². The summed E-state index contributed by atoms with van der Waals surface area (Å²) in [5, 5.41) is 0.663. The number of aryl methyl sites for hydroxylation is 2. The van der Waals surface area contributed by atoms with Crippen molar-refractivity contribution in [2.45, 2.75) is 26.3 Å². The Hall–Kier alpha value is -1.52. The molecule has 1 aromatic carbocycles. The minimum Gasteiger partial charge on any atom is -0.444 e. The monoisotopic (exact) mass is 323 g/mol. The molecule has 21 heavy (non-hydrogen) atoms. The molecule has 0 radical (unpaired) electrons. The fourth-order valence-electron chi connectivity index (χ4n) is 2.51. The lowest BCUT2D eigenvalue weighted by atomic mass is 10.2. The van der Waals surface area contributed by atoms with Gasteiger partial charge in [-0.15, -0.1) is 11.6 Å². The number of aromatic nitrogens is 3. The summed E-state index contributed by atoms with van der Waals surface area (Å²) >= 11 is 12.3. The van der Waals surface area contributed by atoms with Crippen molar-refractivity contribution >= 4 is 34.2 Å². The van der Waals surface area contributed by atoms with Crippen LogP contribution in [-0.2, 0) is 6.42 Å². The predicted octanol–water partition coefficient (Wildman–Crippen LogP) is 4.38. The average molecular weight is 324 g/mol. The Morgan fingerprint density at radius 3 is 2.86 bits per heavy atom. The van der Waals surface area contributed by atoms with Gasteiger partial charge in [-0.05, 0) is 26.0 Å². The molecule has 3 rings (SSSR count). The molecule has 1 atom stereocenters. The molecule has 0 fully saturated rings. The van der Waals surface area contributed by atoms with E-state index in [-0.39, 0.29) is 6.04 Å². The summed E-state index contributed by atoms with van der Waals surface area (Å²) in [6.07, 6.45) is 2.38. The van der Waals surface area contributed by atoms with Crippen LogP contribution in [-0.4, -0.2) is 20.4 Å². The molecule has 0 spiro atoms. The minimum absolute atomic E-state index is 0.0955. The zero-order valence-corrected chi connectivity index (χ0v) is 13.3.